The van der Waals surface area contributed by atoms with Gasteiger partial charge in [0.05, 0.1) is 0 Å². The number of rotatable bonds is 1. The van der Waals surface area contributed by atoms with Gasteiger partial charge < -0.3 is 10.6 Å². The van der Waals surface area contributed by atoms with Gasteiger partial charge in [0.25, 0.3) is 0 Å². The van der Waals surface area contributed by atoms with Crippen LogP contribution in [0.5, 0.6) is 0 Å². The van der Waals surface area contributed by atoms with E-state index in [2.05, 4.69) is 10.6 Å². The van der Waals surface area contributed by atoms with Crippen molar-refractivity contribution in [3.05, 3.63) is 0 Å². The van der Waals surface area contributed by atoms with Crippen molar-refractivity contribution in [2.24, 2.45) is 0 Å². The molecule has 1 atom stereocenters. The molecule has 1 amide bonds. The molecule has 0 saturated carbocycles. The summed E-state index contributed by atoms with van der Waals surface area (Å²) >= 11 is 1.72. The zero-order valence-corrected chi connectivity index (χ0v) is 7.75. The van der Waals surface area contributed by atoms with E-state index in [1.807, 2.05) is 6.92 Å². The Bertz CT molecular complexity index is 155. The van der Waals surface area contributed by atoms with Gasteiger partial charge >= 0.3 is 0 Å². The molecular formula is C7H14N2OS. The molecule has 0 bridgehead atoms. The average Bonchev–Trinajstić information content (AvgIpc) is 2.04. The minimum Gasteiger partial charge on any atom is -0.358 e. The summed E-state index contributed by atoms with van der Waals surface area (Å²) in [5.41, 5.74) is 0. The van der Waals surface area contributed by atoms with Crippen LogP contribution in [-0.4, -0.2) is 36.5 Å². The lowest BCUT2D eigenvalue weighted by atomic mass is 10.1. The monoisotopic (exact) mass is 174 g/mol. The molecule has 0 aliphatic carbocycles. The van der Waals surface area contributed by atoms with Crippen molar-refractivity contribution in [1.29, 1.82) is 0 Å². The summed E-state index contributed by atoms with van der Waals surface area (Å²) in [5.74, 6) is 1.14. The summed E-state index contributed by atoms with van der Waals surface area (Å²) in [5, 5.41) is 5.88. The molecule has 1 aliphatic heterocycles. The first kappa shape index (κ1) is 8.87. The highest BCUT2D eigenvalue weighted by molar-refractivity contribution is 8.01. The lowest BCUT2D eigenvalue weighted by Crippen LogP contribution is -2.51. The van der Waals surface area contributed by atoms with E-state index in [9.17, 15) is 4.79 Å². The first-order valence-electron chi connectivity index (χ1n) is 3.76. The lowest BCUT2D eigenvalue weighted by molar-refractivity contribution is -0.122. The number of amides is 1. The van der Waals surface area contributed by atoms with Gasteiger partial charge in [-0.1, -0.05) is 0 Å². The molecular weight excluding hydrogens is 160 g/mol. The Morgan fingerprint density at radius 1 is 1.73 bits per heavy atom. The van der Waals surface area contributed by atoms with Crippen LogP contribution in [0.1, 0.15) is 6.92 Å². The van der Waals surface area contributed by atoms with Gasteiger partial charge in [0, 0.05) is 25.9 Å². The zero-order valence-electron chi connectivity index (χ0n) is 6.94. The second kappa shape index (κ2) is 3.45. The summed E-state index contributed by atoms with van der Waals surface area (Å²) < 4.78 is -0.257. The molecule has 11 heavy (non-hydrogen) atoms. The van der Waals surface area contributed by atoms with Crippen LogP contribution < -0.4 is 10.6 Å². The number of hydrogen-bond acceptors (Lipinski definition) is 3. The number of carbonyl (C=O) groups is 1. The highest BCUT2D eigenvalue weighted by Crippen LogP contribution is 2.26. The predicted octanol–water partition coefficient (Wildman–Crippen LogP) is -0.173. The number of thioether (sulfide) groups is 1. The maximum atomic E-state index is 11.3. The van der Waals surface area contributed by atoms with Crippen molar-refractivity contribution in [2.75, 3.05) is 25.9 Å². The second-order valence-electron chi connectivity index (χ2n) is 2.84. The van der Waals surface area contributed by atoms with E-state index in [1.165, 1.54) is 0 Å². The van der Waals surface area contributed by atoms with Crippen LogP contribution >= 0.6 is 11.8 Å². The zero-order chi connectivity index (χ0) is 8.32. The van der Waals surface area contributed by atoms with Gasteiger partial charge in [0.2, 0.25) is 5.91 Å². The Balaban J connectivity index is 2.56. The van der Waals surface area contributed by atoms with Crippen LogP contribution in [-0.2, 0) is 4.79 Å². The molecule has 2 N–H and O–H groups in total. The van der Waals surface area contributed by atoms with Crippen molar-refractivity contribution in [2.45, 2.75) is 11.7 Å². The Morgan fingerprint density at radius 3 is 2.91 bits per heavy atom. The molecule has 1 heterocycles. The molecule has 1 unspecified atom stereocenters. The van der Waals surface area contributed by atoms with Gasteiger partial charge in [-0.15, -0.1) is 11.8 Å². The lowest BCUT2D eigenvalue weighted by Gasteiger charge is -2.31. The van der Waals surface area contributed by atoms with E-state index in [1.54, 1.807) is 18.8 Å². The number of carbonyl (C=O) groups excluding carboxylic acids is 1. The molecule has 1 fully saturated rings. The van der Waals surface area contributed by atoms with Crippen LogP contribution in [0.3, 0.4) is 0 Å². The summed E-state index contributed by atoms with van der Waals surface area (Å²) in [7, 11) is 1.68. The molecule has 64 valence electrons. The highest BCUT2D eigenvalue weighted by Gasteiger charge is 2.34. The summed E-state index contributed by atoms with van der Waals surface area (Å²) in [6.45, 7) is 3.76. The Morgan fingerprint density at radius 2 is 2.45 bits per heavy atom. The van der Waals surface area contributed by atoms with Crippen LogP contribution in [0, 0.1) is 0 Å². The summed E-state index contributed by atoms with van der Waals surface area (Å²) in [4.78, 5) is 11.3. The number of hydrogen-bond donors (Lipinski definition) is 2. The van der Waals surface area contributed by atoms with Crippen molar-refractivity contribution in [3.63, 3.8) is 0 Å². The molecule has 0 radical (unpaired) electrons. The van der Waals surface area contributed by atoms with Gasteiger partial charge in [-0.25, -0.2) is 0 Å². The minimum atomic E-state index is -0.257. The SMILES string of the molecule is CNC(=O)C1(C)CNCCS1. The highest BCUT2D eigenvalue weighted by atomic mass is 32.2. The van der Waals surface area contributed by atoms with Gasteiger partial charge in [-0.3, -0.25) is 4.79 Å². The van der Waals surface area contributed by atoms with Gasteiger partial charge in [0.15, 0.2) is 0 Å². The maximum Gasteiger partial charge on any atom is 0.236 e. The van der Waals surface area contributed by atoms with Crippen molar-refractivity contribution in [1.82, 2.24) is 10.6 Å². The van der Waals surface area contributed by atoms with Crippen LogP contribution in [0.4, 0.5) is 0 Å². The second-order valence-corrected chi connectivity index (χ2v) is 4.43. The van der Waals surface area contributed by atoms with E-state index in [4.69, 9.17) is 0 Å². The fraction of sp³-hybridized carbons (Fsp3) is 0.857. The maximum absolute atomic E-state index is 11.3. The van der Waals surface area contributed by atoms with Gasteiger partial charge in [-0.2, -0.15) is 0 Å². The largest absolute Gasteiger partial charge is 0.358 e. The van der Waals surface area contributed by atoms with E-state index in [0.717, 1.165) is 18.8 Å². The number of nitrogens with one attached hydrogen (secondary N) is 2. The fourth-order valence-electron chi connectivity index (χ4n) is 1.14. The first-order valence-corrected chi connectivity index (χ1v) is 4.74. The standard InChI is InChI=1S/C7H14N2OS/c1-7(6(10)8-2)5-9-3-4-11-7/h9H,3-5H2,1-2H3,(H,8,10). The van der Waals surface area contributed by atoms with Crippen molar-refractivity contribution in [3.8, 4) is 0 Å². The molecule has 3 nitrogen and oxygen atoms in total. The van der Waals surface area contributed by atoms with Crippen LogP contribution in [0.15, 0.2) is 0 Å². The van der Waals surface area contributed by atoms with Gasteiger partial charge in [-0.05, 0) is 6.92 Å². The van der Waals surface area contributed by atoms with Crippen LogP contribution in [0.25, 0.3) is 0 Å². The molecule has 0 aromatic heterocycles. The molecule has 4 heteroatoms. The predicted molar refractivity (Wildman–Crippen MR) is 47.8 cm³/mol. The molecule has 1 aliphatic rings. The molecule has 0 aromatic carbocycles. The minimum absolute atomic E-state index is 0.120. The van der Waals surface area contributed by atoms with Crippen molar-refractivity contribution >= 4 is 17.7 Å². The Kier molecular flexibility index (Phi) is 2.78. The van der Waals surface area contributed by atoms with E-state index in [-0.39, 0.29) is 10.7 Å². The molecule has 0 aromatic rings. The first-order chi connectivity index (χ1) is 5.19. The molecule has 1 saturated heterocycles. The third-order valence-electron chi connectivity index (χ3n) is 1.87. The summed E-state index contributed by atoms with van der Waals surface area (Å²) in [6, 6.07) is 0. The Labute approximate surface area is 71.3 Å². The van der Waals surface area contributed by atoms with Crippen LogP contribution in [0.2, 0.25) is 0 Å². The fourth-order valence-corrected chi connectivity index (χ4v) is 2.27. The molecule has 0 spiro atoms. The normalized spacial score (nSPS) is 31.5. The van der Waals surface area contributed by atoms with Gasteiger partial charge in [0.1, 0.15) is 4.75 Å². The third-order valence-corrected chi connectivity index (χ3v) is 3.24. The summed E-state index contributed by atoms with van der Waals surface area (Å²) in [6.07, 6.45) is 0. The smallest absolute Gasteiger partial charge is 0.236 e. The van der Waals surface area contributed by atoms with E-state index in [0.29, 0.717) is 0 Å². The quantitative estimate of drug-likeness (QED) is 0.580. The average molecular weight is 174 g/mol. The third kappa shape index (κ3) is 1.87. The molecule has 1 rings (SSSR count). The van der Waals surface area contributed by atoms with E-state index < -0.39 is 0 Å². The van der Waals surface area contributed by atoms with Crippen molar-refractivity contribution < 1.29 is 4.79 Å². The topological polar surface area (TPSA) is 41.1 Å². The van der Waals surface area contributed by atoms with E-state index >= 15 is 0 Å². The Hall–Kier alpha value is -0.220.